The lowest BCUT2D eigenvalue weighted by Gasteiger charge is -2.15. The predicted molar refractivity (Wildman–Crippen MR) is 101 cm³/mol. The van der Waals surface area contributed by atoms with Gasteiger partial charge in [-0.1, -0.05) is 11.6 Å². The Labute approximate surface area is 166 Å². The molecule has 3 rings (SSSR count). The van der Waals surface area contributed by atoms with Crippen LogP contribution >= 0.6 is 11.6 Å². The Balaban J connectivity index is 2.08. The number of rotatable bonds is 3. The molecule has 10 heteroatoms. The topological polar surface area (TPSA) is 64.0 Å². The van der Waals surface area contributed by atoms with Crippen molar-refractivity contribution in [2.24, 2.45) is 0 Å². The number of amides is 1. The predicted octanol–water partition coefficient (Wildman–Crippen LogP) is 4.46. The van der Waals surface area contributed by atoms with Crippen molar-refractivity contribution in [3.8, 4) is 0 Å². The second-order valence-electron chi connectivity index (χ2n) is 6.45. The zero-order valence-corrected chi connectivity index (χ0v) is 16.0. The minimum atomic E-state index is -4.98. The second-order valence-corrected chi connectivity index (χ2v) is 6.86. The fourth-order valence-electron chi connectivity index (χ4n) is 2.76. The lowest BCUT2D eigenvalue weighted by atomic mass is 10.1. The number of carbonyl (C=O) groups is 1. The average Bonchev–Trinajstić information content (AvgIpc) is 2.61. The Morgan fingerprint density at radius 3 is 2.45 bits per heavy atom. The highest BCUT2D eigenvalue weighted by atomic mass is 35.5. The zero-order chi connectivity index (χ0) is 21.5. The first-order valence-electron chi connectivity index (χ1n) is 8.31. The Morgan fingerprint density at radius 1 is 1.17 bits per heavy atom. The third kappa shape index (κ3) is 4.24. The molecule has 0 aliphatic heterocycles. The molecule has 1 aromatic heterocycles. The minimum Gasteiger partial charge on any atom is -0.324 e. The van der Waals surface area contributed by atoms with Crippen LogP contribution < -0.4 is 10.9 Å². The first kappa shape index (κ1) is 20.8. The summed E-state index contributed by atoms with van der Waals surface area (Å²) in [5, 5.41) is 2.15. The van der Waals surface area contributed by atoms with Crippen LogP contribution in [0, 0.1) is 19.7 Å². The number of halogens is 5. The lowest BCUT2D eigenvalue weighted by Crippen LogP contribution is -2.34. The van der Waals surface area contributed by atoms with Crippen LogP contribution in [0.5, 0.6) is 0 Å². The smallest absolute Gasteiger partial charge is 0.324 e. The van der Waals surface area contributed by atoms with Crippen LogP contribution in [0.25, 0.3) is 11.0 Å². The van der Waals surface area contributed by atoms with Crippen LogP contribution in [0.2, 0.25) is 5.02 Å². The van der Waals surface area contributed by atoms with E-state index in [1.54, 1.807) is 13.8 Å². The highest BCUT2D eigenvalue weighted by molar-refractivity contribution is 6.31. The first-order chi connectivity index (χ1) is 13.5. The summed E-state index contributed by atoms with van der Waals surface area (Å²) in [5.41, 5.74) is -1.45. The monoisotopic (exact) mass is 427 g/mol. The summed E-state index contributed by atoms with van der Waals surface area (Å²) in [7, 11) is 0. The quantitative estimate of drug-likeness (QED) is 0.627. The zero-order valence-electron chi connectivity index (χ0n) is 15.2. The molecule has 0 atom stereocenters. The number of alkyl halides is 3. The molecule has 1 heterocycles. The van der Waals surface area contributed by atoms with Crippen molar-refractivity contribution in [1.82, 2.24) is 9.55 Å². The molecule has 0 fully saturated rings. The van der Waals surface area contributed by atoms with Crippen LogP contribution in [-0.4, -0.2) is 15.5 Å². The molecule has 2 aromatic carbocycles. The number of hydrogen-bond donors (Lipinski definition) is 1. The highest BCUT2D eigenvalue weighted by Gasteiger charge is 2.37. The Morgan fingerprint density at radius 2 is 1.83 bits per heavy atom. The van der Waals surface area contributed by atoms with Gasteiger partial charge in [-0.05, 0) is 55.3 Å². The van der Waals surface area contributed by atoms with E-state index in [1.807, 2.05) is 0 Å². The van der Waals surface area contributed by atoms with Gasteiger partial charge in [0.15, 0.2) is 0 Å². The standard InChI is InChI=1S/C19H14ClF4N3O2/c1-9-5-14-15(6-10(9)2)27(18(29)17(26-14)19(22,23)24)8-16(28)25-11-3-4-13(21)12(20)7-11/h3-7H,8H2,1-2H3,(H,25,28). The molecule has 0 saturated heterocycles. The first-order valence-corrected chi connectivity index (χ1v) is 8.69. The third-order valence-electron chi connectivity index (χ3n) is 4.34. The van der Waals surface area contributed by atoms with Crippen LogP contribution in [0.3, 0.4) is 0 Å². The van der Waals surface area contributed by atoms with Crippen LogP contribution in [0.15, 0.2) is 35.1 Å². The lowest BCUT2D eigenvalue weighted by molar-refractivity contribution is -0.142. The van der Waals surface area contributed by atoms with Gasteiger partial charge in [-0.15, -0.1) is 0 Å². The molecule has 0 spiro atoms. The van der Waals surface area contributed by atoms with Crippen LogP contribution in [0.4, 0.5) is 23.2 Å². The second kappa shape index (κ2) is 7.47. The minimum absolute atomic E-state index is 0.0577. The summed E-state index contributed by atoms with van der Waals surface area (Å²) in [6, 6.07) is 6.34. The van der Waals surface area contributed by atoms with Gasteiger partial charge in [-0.3, -0.25) is 14.2 Å². The van der Waals surface area contributed by atoms with Crippen molar-refractivity contribution in [2.45, 2.75) is 26.6 Å². The number of aryl methyl sites for hydroxylation is 2. The third-order valence-corrected chi connectivity index (χ3v) is 4.62. The SMILES string of the molecule is Cc1cc2nc(C(F)(F)F)c(=O)n(CC(=O)Nc3ccc(F)c(Cl)c3)c2cc1C. The maximum absolute atomic E-state index is 13.3. The summed E-state index contributed by atoms with van der Waals surface area (Å²) >= 11 is 5.65. The molecule has 0 radical (unpaired) electrons. The van der Waals surface area contributed by atoms with Gasteiger partial charge in [0.2, 0.25) is 11.6 Å². The number of hydrogen-bond acceptors (Lipinski definition) is 3. The van der Waals surface area contributed by atoms with Gasteiger partial charge in [0.05, 0.1) is 16.1 Å². The molecule has 0 aliphatic rings. The van der Waals surface area contributed by atoms with Gasteiger partial charge < -0.3 is 5.32 Å². The van der Waals surface area contributed by atoms with Crippen molar-refractivity contribution in [2.75, 3.05) is 5.32 Å². The van der Waals surface area contributed by atoms with Crippen molar-refractivity contribution >= 4 is 34.2 Å². The Hall–Kier alpha value is -2.94. The van der Waals surface area contributed by atoms with Gasteiger partial charge in [-0.2, -0.15) is 13.2 Å². The number of anilines is 1. The van der Waals surface area contributed by atoms with Crippen molar-refractivity contribution in [3.05, 3.63) is 68.3 Å². The van der Waals surface area contributed by atoms with Crippen LogP contribution in [-0.2, 0) is 17.5 Å². The molecular weight excluding hydrogens is 414 g/mol. The molecule has 5 nitrogen and oxygen atoms in total. The van der Waals surface area contributed by atoms with Gasteiger partial charge in [0.25, 0.3) is 5.56 Å². The van der Waals surface area contributed by atoms with E-state index < -0.39 is 35.7 Å². The van der Waals surface area contributed by atoms with Crippen LogP contribution in [0.1, 0.15) is 16.8 Å². The number of fused-ring (bicyclic) bond motifs is 1. The molecule has 0 bridgehead atoms. The molecule has 0 aliphatic carbocycles. The number of benzene rings is 2. The molecule has 1 amide bonds. The molecular formula is C19H14ClF4N3O2. The van der Waals surface area contributed by atoms with Gasteiger partial charge >= 0.3 is 6.18 Å². The molecule has 0 saturated carbocycles. The highest BCUT2D eigenvalue weighted by Crippen LogP contribution is 2.27. The van der Waals surface area contributed by atoms with E-state index in [0.717, 1.165) is 22.3 Å². The summed E-state index contributed by atoms with van der Waals surface area (Å²) in [6.07, 6.45) is -4.98. The maximum Gasteiger partial charge on any atom is 0.438 e. The number of aromatic nitrogens is 2. The number of nitrogens with zero attached hydrogens (tertiary/aromatic N) is 2. The van der Waals surface area contributed by atoms with E-state index in [-0.39, 0.29) is 21.7 Å². The van der Waals surface area contributed by atoms with E-state index in [2.05, 4.69) is 10.3 Å². The molecule has 29 heavy (non-hydrogen) atoms. The van der Waals surface area contributed by atoms with Crippen molar-refractivity contribution in [1.29, 1.82) is 0 Å². The summed E-state index contributed by atoms with van der Waals surface area (Å²) < 4.78 is 53.8. The summed E-state index contributed by atoms with van der Waals surface area (Å²) in [5.74, 6) is -1.48. The molecule has 1 N–H and O–H groups in total. The summed E-state index contributed by atoms with van der Waals surface area (Å²) in [4.78, 5) is 28.3. The molecule has 0 unspecified atom stereocenters. The van der Waals surface area contributed by atoms with Gasteiger partial charge in [0, 0.05) is 5.69 Å². The van der Waals surface area contributed by atoms with Crippen molar-refractivity contribution in [3.63, 3.8) is 0 Å². The van der Waals surface area contributed by atoms with E-state index in [1.165, 1.54) is 18.2 Å². The van der Waals surface area contributed by atoms with E-state index in [9.17, 15) is 27.2 Å². The van der Waals surface area contributed by atoms with E-state index >= 15 is 0 Å². The van der Waals surface area contributed by atoms with Gasteiger partial charge in [0.1, 0.15) is 12.4 Å². The fourth-order valence-corrected chi connectivity index (χ4v) is 2.94. The fraction of sp³-hybridized carbons (Fsp3) is 0.211. The number of nitrogens with one attached hydrogen (secondary N) is 1. The van der Waals surface area contributed by atoms with E-state index in [0.29, 0.717) is 5.56 Å². The number of carbonyl (C=O) groups excluding carboxylic acids is 1. The largest absolute Gasteiger partial charge is 0.438 e. The average molecular weight is 428 g/mol. The van der Waals surface area contributed by atoms with Crippen molar-refractivity contribution < 1.29 is 22.4 Å². The normalized spacial score (nSPS) is 11.7. The Bertz CT molecular complexity index is 1190. The molecule has 152 valence electrons. The Kier molecular flexibility index (Phi) is 5.36. The maximum atomic E-state index is 13.3. The summed E-state index contributed by atoms with van der Waals surface area (Å²) in [6.45, 7) is 2.73. The van der Waals surface area contributed by atoms with E-state index in [4.69, 9.17) is 11.6 Å². The van der Waals surface area contributed by atoms with Gasteiger partial charge in [-0.25, -0.2) is 9.37 Å². The molecule has 3 aromatic rings.